The van der Waals surface area contributed by atoms with E-state index < -0.39 is 0 Å². The smallest absolute Gasteiger partial charge is 0.0952 e. The molecule has 0 spiro atoms. The lowest BCUT2D eigenvalue weighted by Crippen LogP contribution is -2.19. The van der Waals surface area contributed by atoms with Crippen LogP contribution in [0.25, 0.3) is 0 Å². The third-order valence-corrected chi connectivity index (χ3v) is 2.39. The molecule has 0 aromatic rings. The third kappa shape index (κ3) is 13.9. The SMILES string of the molecule is CCCCCCCCCCOOC(C)(C)C. The van der Waals surface area contributed by atoms with Gasteiger partial charge in [0.2, 0.25) is 0 Å². The highest BCUT2D eigenvalue weighted by Gasteiger charge is 2.10. The van der Waals surface area contributed by atoms with Gasteiger partial charge in [-0.05, 0) is 27.2 Å². The average molecular weight is 230 g/mol. The summed E-state index contributed by atoms with van der Waals surface area (Å²) in [7, 11) is 0. The second-order valence-electron chi connectivity index (χ2n) is 5.49. The fourth-order valence-electron chi connectivity index (χ4n) is 1.51. The molecule has 2 heteroatoms. The van der Waals surface area contributed by atoms with Gasteiger partial charge in [0.1, 0.15) is 0 Å². The molecule has 0 radical (unpaired) electrons. The van der Waals surface area contributed by atoms with Crippen molar-refractivity contribution in [2.24, 2.45) is 0 Å². The molecule has 0 N–H and O–H groups in total. The quantitative estimate of drug-likeness (QED) is 0.303. The van der Waals surface area contributed by atoms with Crippen molar-refractivity contribution in [1.82, 2.24) is 0 Å². The monoisotopic (exact) mass is 230 g/mol. The van der Waals surface area contributed by atoms with Gasteiger partial charge in [-0.1, -0.05) is 51.9 Å². The Kier molecular flexibility index (Phi) is 10.0. The summed E-state index contributed by atoms with van der Waals surface area (Å²) in [6.07, 6.45) is 10.6. The maximum atomic E-state index is 5.19. The van der Waals surface area contributed by atoms with Crippen molar-refractivity contribution < 1.29 is 9.78 Å². The predicted octanol–water partition coefficient (Wildman–Crippen LogP) is 4.87. The van der Waals surface area contributed by atoms with Gasteiger partial charge < -0.3 is 0 Å². The number of hydrogen-bond donors (Lipinski definition) is 0. The Morgan fingerprint density at radius 3 is 1.75 bits per heavy atom. The van der Waals surface area contributed by atoms with E-state index in [9.17, 15) is 0 Å². The normalized spacial score (nSPS) is 12.0. The highest BCUT2D eigenvalue weighted by atomic mass is 17.2. The van der Waals surface area contributed by atoms with E-state index >= 15 is 0 Å². The van der Waals surface area contributed by atoms with Crippen molar-refractivity contribution in [3.8, 4) is 0 Å². The van der Waals surface area contributed by atoms with E-state index in [-0.39, 0.29) is 5.60 Å². The molecule has 0 atom stereocenters. The Morgan fingerprint density at radius 2 is 1.25 bits per heavy atom. The molecule has 0 unspecified atom stereocenters. The summed E-state index contributed by atoms with van der Waals surface area (Å²) in [6, 6.07) is 0. The Morgan fingerprint density at radius 1 is 0.750 bits per heavy atom. The van der Waals surface area contributed by atoms with E-state index in [1.54, 1.807) is 0 Å². The fraction of sp³-hybridized carbons (Fsp3) is 1.00. The Balaban J connectivity index is 2.99. The van der Waals surface area contributed by atoms with Crippen LogP contribution in [0.15, 0.2) is 0 Å². The minimum atomic E-state index is -0.180. The van der Waals surface area contributed by atoms with Crippen molar-refractivity contribution in [3.05, 3.63) is 0 Å². The summed E-state index contributed by atoms with van der Waals surface area (Å²) >= 11 is 0. The van der Waals surface area contributed by atoms with E-state index in [0.717, 1.165) is 13.0 Å². The molecule has 0 amide bonds. The largest absolute Gasteiger partial charge is 0.236 e. The topological polar surface area (TPSA) is 18.5 Å². The van der Waals surface area contributed by atoms with Crippen LogP contribution in [0.4, 0.5) is 0 Å². The van der Waals surface area contributed by atoms with Crippen LogP contribution in [0.1, 0.15) is 79.1 Å². The highest BCUT2D eigenvalue weighted by molar-refractivity contribution is 4.54. The molecule has 0 saturated carbocycles. The molecule has 16 heavy (non-hydrogen) atoms. The number of rotatable bonds is 10. The second-order valence-corrected chi connectivity index (χ2v) is 5.49. The number of unbranched alkanes of at least 4 members (excludes halogenated alkanes) is 7. The molecule has 0 aliphatic carbocycles. The molecule has 0 saturated heterocycles. The first-order chi connectivity index (χ1) is 7.56. The molecule has 0 rings (SSSR count). The van der Waals surface area contributed by atoms with Gasteiger partial charge in [0, 0.05) is 0 Å². The third-order valence-electron chi connectivity index (χ3n) is 2.39. The summed E-state index contributed by atoms with van der Waals surface area (Å²) < 4.78 is 0. The summed E-state index contributed by atoms with van der Waals surface area (Å²) in [4.78, 5) is 10.3. The van der Waals surface area contributed by atoms with E-state index in [0.29, 0.717) is 0 Å². The molecule has 0 fully saturated rings. The Hall–Kier alpha value is -0.0800. The zero-order chi connectivity index (χ0) is 12.3. The zero-order valence-corrected chi connectivity index (χ0v) is 11.7. The van der Waals surface area contributed by atoms with Crippen molar-refractivity contribution >= 4 is 0 Å². The first-order valence-corrected chi connectivity index (χ1v) is 6.87. The summed E-state index contributed by atoms with van der Waals surface area (Å²) in [6.45, 7) is 8.99. The van der Waals surface area contributed by atoms with Crippen LogP contribution >= 0.6 is 0 Å². The van der Waals surface area contributed by atoms with E-state index in [1.165, 1.54) is 44.9 Å². The number of hydrogen-bond acceptors (Lipinski definition) is 2. The van der Waals surface area contributed by atoms with Gasteiger partial charge in [-0.3, -0.25) is 0 Å². The maximum absolute atomic E-state index is 5.19. The van der Waals surface area contributed by atoms with Gasteiger partial charge in [0.15, 0.2) is 0 Å². The van der Waals surface area contributed by atoms with Crippen molar-refractivity contribution in [1.29, 1.82) is 0 Å². The second kappa shape index (κ2) is 10.1. The predicted molar refractivity (Wildman–Crippen MR) is 69.4 cm³/mol. The van der Waals surface area contributed by atoms with Crippen molar-refractivity contribution in [2.45, 2.75) is 84.7 Å². The lowest BCUT2D eigenvalue weighted by molar-refractivity contribution is -0.348. The molecular formula is C14H30O2. The van der Waals surface area contributed by atoms with Gasteiger partial charge in [-0.2, -0.15) is 0 Å². The van der Waals surface area contributed by atoms with Gasteiger partial charge in [0.25, 0.3) is 0 Å². The minimum Gasteiger partial charge on any atom is -0.236 e. The van der Waals surface area contributed by atoms with Crippen LogP contribution in [0, 0.1) is 0 Å². The molecule has 2 nitrogen and oxygen atoms in total. The summed E-state index contributed by atoms with van der Waals surface area (Å²) in [5, 5.41) is 0. The van der Waals surface area contributed by atoms with E-state index in [1.807, 2.05) is 20.8 Å². The lowest BCUT2D eigenvalue weighted by atomic mass is 10.1. The van der Waals surface area contributed by atoms with E-state index in [2.05, 4.69) is 6.92 Å². The zero-order valence-electron chi connectivity index (χ0n) is 11.7. The molecule has 0 bridgehead atoms. The molecule has 0 aromatic carbocycles. The molecule has 0 aliphatic rings. The van der Waals surface area contributed by atoms with Crippen LogP contribution in [0.5, 0.6) is 0 Å². The fourth-order valence-corrected chi connectivity index (χ4v) is 1.51. The van der Waals surface area contributed by atoms with Crippen molar-refractivity contribution in [3.63, 3.8) is 0 Å². The van der Waals surface area contributed by atoms with E-state index in [4.69, 9.17) is 9.78 Å². The summed E-state index contributed by atoms with van der Waals surface area (Å²) in [5.74, 6) is 0. The van der Waals surface area contributed by atoms with Crippen molar-refractivity contribution in [2.75, 3.05) is 6.61 Å². The van der Waals surface area contributed by atoms with Crippen LogP contribution in [0.2, 0.25) is 0 Å². The lowest BCUT2D eigenvalue weighted by Gasteiger charge is -2.17. The molecular weight excluding hydrogens is 200 g/mol. The average Bonchev–Trinajstić information content (AvgIpc) is 2.19. The summed E-state index contributed by atoms with van der Waals surface area (Å²) in [5.41, 5.74) is -0.180. The molecule has 0 aliphatic heterocycles. The van der Waals surface area contributed by atoms with Crippen LogP contribution < -0.4 is 0 Å². The Bertz CT molecular complexity index is 138. The standard InChI is InChI=1S/C14H30O2/c1-5-6-7-8-9-10-11-12-13-15-16-14(2,3)4/h5-13H2,1-4H3. The Labute approximate surface area is 102 Å². The molecule has 0 aromatic heterocycles. The van der Waals surface area contributed by atoms with Crippen LogP contribution in [-0.4, -0.2) is 12.2 Å². The molecule has 0 heterocycles. The van der Waals surface area contributed by atoms with Gasteiger partial charge >= 0.3 is 0 Å². The first-order valence-electron chi connectivity index (χ1n) is 6.87. The maximum Gasteiger partial charge on any atom is 0.0952 e. The van der Waals surface area contributed by atoms with Gasteiger partial charge in [0.05, 0.1) is 12.2 Å². The first kappa shape index (κ1) is 15.9. The van der Waals surface area contributed by atoms with Gasteiger partial charge in [-0.25, -0.2) is 9.78 Å². The van der Waals surface area contributed by atoms with Crippen LogP contribution in [0.3, 0.4) is 0 Å². The van der Waals surface area contributed by atoms with Gasteiger partial charge in [-0.15, -0.1) is 0 Å². The van der Waals surface area contributed by atoms with Crippen LogP contribution in [-0.2, 0) is 9.78 Å². The highest BCUT2D eigenvalue weighted by Crippen LogP contribution is 2.10. The molecule has 98 valence electrons. The minimum absolute atomic E-state index is 0.180.